The topological polar surface area (TPSA) is 29.3 Å². The summed E-state index contributed by atoms with van der Waals surface area (Å²) in [5.74, 6) is 0.798. The van der Waals surface area contributed by atoms with Gasteiger partial charge in [0.2, 0.25) is 0 Å². The maximum atomic E-state index is 5.84. The number of rotatable bonds is 4. The Morgan fingerprint density at radius 2 is 1.78 bits per heavy atom. The van der Waals surface area contributed by atoms with Gasteiger partial charge in [-0.25, -0.2) is 0 Å². The van der Waals surface area contributed by atoms with Gasteiger partial charge in [-0.15, -0.1) is 0 Å². The van der Waals surface area contributed by atoms with Crippen LogP contribution in [0.15, 0.2) is 24.3 Å². The summed E-state index contributed by atoms with van der Waals surface area (Å²) >= 11 is 0. The molecule has 0 saturated heterocycles. The molecule has 0 aromatic heterocycles. The van der Waals surface area contributed by atoms with Crippen molar-refractivity contribution >= 4 is 5.69 Å². The van der Waals surface area contributed by atoms with E-state index < -0.39 is 0 Å². The van der Waals surface area contributed by atoms with E-state index in [1.165, 1.54) is 43.4 Å². The van der Waals surface area contributed by atoms with Crippen molar-refractivity contribution in [1.82, 2.24) is 0 Å². The van der Waals surface area contributed by atoms with Gasteiger partial charge in [-0.3, -0.25) is 0 Å². The minimum absolute atomic E-state index is 0.216. The third-order valence-corrected chi connectivity index (χ3v) is 3.97. The summed E-state index contributed by atoms with van der Waals surface area (Å²) < 4.78 is 0. The predicted octanol–water partition coefficient (Wildman–Crippen LogP) is 3.52. The first kappa shape index (κ1) is 13.4. The molecule has 0 radical (unpaired) electrons. The number of hydrogen-bond acceptors (Lipinski definition) is 2. The minimum Gasteiger partial charge on any atom is -0.373 e. The van der Waals surface area contributed by atoms with Crippen LogP contribution in [0.3, 0.4) is 0 Å². The Hall–Kier alpha value is -1.02. The highest BCUT2D eigenvalue weighted by molar-refractivity contribution is 5.47. The average Bonchev–Trinajstić information content (AvgIpc) is 2.39. The number of hydrogen-bond donors (Lipinski definition) is 1. The number of benzene rings is 1. The van der Waals surface area contributed by atoms with E-state index in [9.17, 15) is 0 Å². The molecule has 1 saturated carbocycles. The predicted molar refractivity (Wildman–Crippen MR) is 79.2 cm³/mol. The molecule has 0 amide bonds. The first-order valence-corrected chi connectivity index (χ1v) is 7.23. The fourth-order valence-electron chi connectivity index (χ4n) is 2.97. The van der Waals surface area contributed by atoms with E-state index in [1.54, 1.807) is 0 Å². The zero-order valence-electron chi connectivity index (χ0n) is 11.7. The first-order valence-electron chi connectivity index (χ1n) is 7.23. The van der Waals surface area contributed by atoms with Crippen LogP contribution < -0.4 is 10.6 Å². The molecule has 1 unspecified atom stereocenters. The van der Waals surface area contributed by atoms with Gasteiger partial charge in [0.05, 0.1) is 0 Å². The lowest BCUT2D eigenvalue weighted by Crippen LogP contribution is -2.32. The van der Waals surface area contributed by atoms with Crippen molar-refractivity contribution in [2.24, 2.45) is 5.73 Å². The fourth-order valence-corrected chi connectivity index (χ4v) is 2.97. The number of anilines is 1. The summed E-state index contributed by atoms with van der Waals surface area (Å²) in [5.41, 5.74) is 8.63. The molecular formula is C16H26N2. The molecule has 0 heterocycles. The molecule has 2 rings (SSSR count). The number of nitrogens with zero attached hydrogens (tertiary/aromatic N) is 1. The molecule has 2 nitrogen and oxygen atoms in total. The first-order chi connectivity index (χ1) is 8.66. The lowest BCUT2D eigenvalue weighted by atomic mass is 9.84. The van der Waals surface area contributed by atoms with E-state index in [0.717, 1.165) is 12.5 Å². The Bertz CT molecular complexity index is 350. The van der Waals surface area contributed by atoms with Gasteiger partial charge in [0.25, 0.3) is 0 Å². The maximum absolute atomic E-state index is 5.84. The monoisotopic (exact) mass is 246 g/mol. The zero-order chi connectivity index (χ0) is 13.0. The Labute approximate surface area is 111 Å². The normalized spacial score (nSPS) is 18.6. The van der Waals surface area contributed by atoms with E-state index >= 15 is 0 Å². The molecule has 100 valence electrons. The second-order valence-corrected chi connectivity index (χ2v) is 5.78. The van der Waals surface area contributed by atoms with Crippen LogP contribution in [0.1, 0.15) is 50.5 Å². The van der Waals surface area contributed by atoms with Crippen LogP contribution in [0.2, 0.25) is 0 Å². The summed E-state index contributed by atoms with van der Waals surface area (Å²) in [6.07, 6.45) is 6.96. The zero-order valence-corrected chi connectivity index (χ0v) is 11.7. The van der Waals surface area contributed by atoms with Crippen molar-refractivity contribution in [1.29, 1.82) is 0 Å². The summed E-state index contributed by atoms with van der Waals surface area (Å²) in [5, 5.41) is 0. The van der Waals surface area contributed by atoms with Crippen LogP contribution in [-0.2, 0) is 0 Å². The van der Waals surface area contributed by atoms with Crippen LogP contribution >= 0.6 is 0 Å². The molecule has 2 N–H and O–H groups in total. The Morgan fingerprint density at radius 3 is 2.33 bits per heavy atom. The van der Waals surface area contributed by atoms with Gasteiger partial charge < -0.3 is 10.6 Å². The third kappa shape index (κ3) is 3.49. The second kappa shape index (κ2) is 6.24. The standard InChI is InChI=1S/C16H26N2/c1-13(17)12-18(2)16-10-8-15(9-11-16)14-6-4-3-5-7-14/h8-11,13-14H,3-7,12,17H2,1-2H3. The summed E-state index contributed by atoms with van der Waals surface area (Å²) in [7, 11) is 2.11. The van der Waals surface area contributed by atoms with Crippen LogP contribution in [0.4, 0.5) is 5.69 Å². The molecule has 1 aromatic carbocycles. The van der Waals surface area contributed by atoms with Crippen LogP contribution in [0.25, 0.3) is 0 Å². The Morgan fingerprint density at radius 1 is 1.17 bits per heavy atom. The molecule has 18 heavy (non-hydrogen) atoms. The second-order valence-electron chi connectivity index (χ2n) is 5.78. The van der Waals surface area contributed by atoms with Gasteiger partial charge in [0.1, 0.15) is 0 Å². The summed E-state index contributed by atoms with van der Waals surface area (Å²) in [6, 6.07) is 9.32. The highest BCUT2D eigenvalue weighted by Crippen LogP contribution is 2.33. The Balaban J connectivity index is 2.00. The largest absolute Gasteiger partial charge is 0.373 e. The SMILES string of the molecule is CC(N)CN(C)c1ccc(C2CCCCC2)cc1. The lowest BCUT2D eigenvalue weighted by Gasteiger charge is -2.24. The highest BCUT2D eigenvalue weighted by atomic mass is 15.1. The molecule has 0 aliphatic heterocycles. The smallest absolute Gasteiger partial charge is 0.0364 e. The third-order valence-electron chi connectivity index (χ3n) is 3.97. The van der Waals surface area contributed by atoms with Gasteiger partial charge in [-0.2, -0.15) is 0 Å². The molecule has 1 aromatic rings. The van der Waals surface area contributed by atoms with Gasteiger partial charge in [-0.1, -0.05) is 31.4 Å². The number of nitrogens with two attached hydrogens (primary N) is 1. The van der Waals surface area contributed by atoms with Gasteiger partial charge >= 0.3 is 0 Å². The molecular weight excluding hydrogens is 220 g/mol. The average molecular weight is 246 g/mol. The molecule has 1 atom stereocenters. The van der Waals surface area contributed by atoms with Crippen molar-refractivity contribution in [3.05, 3.63) is 29.8 Å². The Kier molecular flexibility index (Phi) is 4.65. The van der Waals surface area contributed by atoms with Crippen molar-refractivity contribution in [3.8, 4) is 0 Å². The molecule has 1 fully saturated rings. The molecule has 0 spiro atoms. The van der Waals surface area contributed by atoms with Gasteiger partial charge in [0.15, 0.2) is 0 Å². The number of likely N-dealkylation sites (N-methyl/N-ethyl adjacent to an activating group) is 1. The van der Waals surface area contributed by atoms with E-state index in [1.807, 2.05) is 6.92 Å². The van der Waals surface area contributed by atoms with Crippen molar-refractivity contribution < 1.29 is 0 Å². The van der Waals surface area contributed by atoms with Crippen molar-refractivity contribution in [3.63, 3.8) is 0 Å². The summed E-state index contributed by atoms with van der Waals surface area (Å²) in [6.45, 7) is 2.95. The maximum Gasteiger partial charge on any atom is 0.0364 e. The van der Waals surface area contributed by atoms with Crippen LogP contribution in [0.5, 0.6) is 0 Å². The molecule has 0 bridgehead atoms. The van der Waals surface area contributed by atoms with E-state index in [4.69, 9.17) is 5.73 Å². The quantitative estimate of drug-likeness (QED) is 0.880. The fraction of sp³-hybridized carbons (Fsp3) is 0.625. The van der Waals surface area contributed by atoms with Crippen LogP contribution in [0, 0.1) is 0 Å². The van der Waals surface area contributed by atoms with E-state index in [-0.39, 0.29) is 6.04 Å². The minimum atomic E-state index is 0.216. The van der Waals surface area contributed by atoms with Crippen LogP contribution in [-0.4, -0.2) is 19.6 Å². The molecule has 2 heteroatoms. The highest BCUT2D eigenvalue weighted by Gasteiger charge is 2.15. The van der Waals surface area contributed by atoms with Gasteiger partial charge in [0, 0.05) is 25.3 Å². The van der Waals surface area contributed by atoms with Crippen molar-refractivity contribution in [2.45, 2.75) is 51.0 Å². The summed E-state index contributed by atoms with van der Waals surface area (Å²) in [4.78, 5) is 2.23. The molecule has 1 aliphatic carbocycles. The lowest BCUT2D eigenvalue weighted by molar-refractivity contribution is 0.443. The van der Waals surface area contributed by atoms with E-state index in [2.05, 4.69) is 36.2 Å². The molecule has 1 aliphatic rings. The van der Waals surface area contributed by atoms with E-state index in [0.29, 0.717) is 0 Å². The van der Waals surface area contributed by atoms with Gasteiger partial charge in [-0.05, 0) is 43.4 Å². The van der Waals surface area contributed by atoms with Crippen molar-refractivity contribution in [2.75, 3.05) is 18.5 Å².